The molecule has 0 radical (unpaired) electrons. The van der Waals surface area contributed by atoms with Crippen LogP contribution in [0.4, 0.5) is 0 Å². The Bertz CT molecular complexity index is 211. The van der Waals surface area contributed by atoms with Gasteiger partial charge in [-0.1, -0.05) is 0 Å². The van der Waals surface area contributed by atoms with Crippen LogP contribution in [-0.2, 0) is 9.53 Å². The van der Waals surface area contributed by atoms with Crippen LogP contribution in [0, 0.1) is 0 Å². The number of ether oxygens (including phenoxy) is 1. The maximum atomic E-state index is 10.6. The number of rotatable bonds is 5. The summed E-state index contributed by atoms with van der Waals surface area (Å²) in [5.74, 6) is -0.742. The van der Waals surface area contributed by atoms with Crippen LogP contribution in [0.2, 0.25) is 0 Å². The fraction of sp³-hybridized carbons (Fsp3) is 0.900. The standard InChI is InChI=1S/C10H20N2O3/c1-8-6-12(3-4-15-2)7-9(11-8)5-10(13)14/h8-9,11H,3-7H2,1-2H3,(H,13,14). The minimum absolute atomic E-state index is 0.0584. The molecule has 5 heteroatoms. The molecule has 1 fully saturated rings. The van der Waals surface area contributed by atoms with Crippen LogP contribution in [0.3, 0.4) is 0 Å². The Morgan fingerprint density at radius 2 is 2.33 bits per heavy atom. The smallest absolute Gasteiger partial charge is 0.304 e. The molecule has 15 heavy (non-hydrogen) atoms. The Balaban J connectivity index is 2.37. The number of hydrogen-bond donors (Lipinski definition) is 2. The Kier molecular flexibility index (Phi) is 5.01. The molecule has 0 amide bonds. The number of hydrogen-bond acceptors (Lipinski definition) is 4. The van der Waals surface area contributed by atoms with Crippen LogP contribution in [0.15, 0.2) is 0 Å². The number of carbonyl (C=O) groups is 1. The van der Waals surface area contributed by atoms with E-state index in [0.29, 0.717) is 12.6 Å². The molecule has 1 saturated heterocycles. The fourth-order valence-corrected chi connectivity index (χ4v) is 2.02. The van der Waals surface area contributed by atoms with Crippen LogP contribution in [0.5, 0.6) is 0 Å². The topological polar surface area (TPSA) is 61.8 Å². The van der Waals surface area contributed by atoms with Gasteiger partial charge in [0.25, 0.3) is 0 Å². The van der Waals surface area contributed by atoms with Crippen LogP contribution in [0.25, 0.3) is 0 Å². The zero-order valence-electron chi connectivity index (χ0n) is 9.40. The van der Waals surface area contributed by atoms with E-state index in [1.54, 1.807) is 7.11 Å². The molecular weight excluding hydrogens is 196 g/mol. The highest BCUT2D eigenvalue weighted by Gasteiger charge is 2.24. The lowest BCUT2D eigenvalue weighted by atomic mass is 10.1. The van der Waals surface area contributed by atoms with Crippen LogP contribution in [-0.4, -0.2) is 61.4 Å². The summed E-state index contributed by atoms with van der Waals surface area (Å²) in [6, 6.07) is 0.406. The molecule has 0 aromatic heterocycles. The molecule has 88 valence electrons. The Hall–Kier alpha value is -0.650. The molecule has 0 aromatic carbocycles. The molecule has 0 aliphatic carbocycles. The Morgan fingerprint density at radius 3 is 2.93 bits per heavy atom. The molecule has 2 unspecified atom stereocenters. The van der Waals surface area contributed by atoms with Gasteiger partial charge in [-0.05, 0) is 6.92 Å². The van der Waals surface area contributed by atoms with E-state index in [2.05, 4.69) is 17.1 Å². The lowest BCUT2D eigenvalue weighted by Gasteiger charge is -2.36. The van der Waals surface area contributed by atoms with E-state index in [0.717, 1.165) is 19.6 Å². The van der Waals surface area contributed by atoms with Crippen LogP contribution in [0.1, 0.15) is 13.3 Å². The van der Waals surface area contributed by atoms with Gasteiger partial charge in [0.1, 0.15) is 0 Å². The van der Waals surface area contributed by atoms with Crippen molar-refractivity contribution in [2.24, 2.45) is 0 Å². The van der Waals surface area contributed by atoms with Crippen molar-refractivity contribution in [2.75, 3.05) is 33.4 Å². The van der Waals surface area contributed by atoms with Crippen LogP contribution < -0.4 is 5.32 Å². The third-order valence-electron chi connectivity index (χ3n) is 2.56. The first-order valence-electron chi connectivity index (χ1n) is 5.31. The van der Waals surface area contributed by atoms with Gasteiger partial charge in [0.2, 0.25) is 0 Å². The van der Waals surface area contributed by atoms with Crippen molar-refractivity contribution in [3.8, 4) is 0 Å². The first-order chi connectivity index (χ1) is 7.11. The average Bonchev–Trinajstić information content (AvgIpc) is 2.12. The minimum Gasteiger partial charge on any atom is -0.481 e. The zero-order chi connectivity index (χ0) is 11.3. The van der Waals surface area contributed by atoms with Gasteiger partial charge < -0.3 is 15.2 Å². The highest BCUT2D eigenvalue weighted by molar-refractivity contribution is 5.67. The summed E-state index contributed by atoms with van der Waals surface area (Å²) in [5.41, 5.74) is 0. The molecule has 0 aromatic rings. The molecule has 1 aliphatic rings. The van der Waals surface area contributed by atoms with E-state index >= 15 is 0 Å². The second-order valence-electron chi connectivity index (χ2n) is 4.11. The Morgan fingerprint density at radius 1 is 1.60 bits per heavy atom. The summed E-state index contributed by atoms with van der Waals surface area (Å²) in [7, 11) is 1.68. The second-order valence-corrected chi connectivity index (χ2v) is 4.11. The SMILES string of the molecule is COCCN1CC(C)NC(CC(=O)O)C1. The summed E-state index contributed by atoms with van der Waals surface area (Å²) in [4.78, 5) is 12.9. The van der Waals surface area contributed by atoms with E-state index in [1.165, 1.54) is 0 Å². The molecule has 0 spiro atoms. The molecule has 1 rings (SSSR count). The van der Waals surface area contributed by atoms with Crippen molar-refractivity contribution >= 4 is 5.97 Å². The highest BCUT2D eigenvalue weighted by Crippen LogP contribution is 2.06. The molecule has 1 heterocycles. The van der Waals surface area contributed by atoms with Crippen LogP contribution >= 0.6 is 0 Å². The summed E-state index contributed by atoms with van der Waals surface area (Å²) >= 11 is 0. The number of piperazine rings is 1. The first kappa shape index (κ1) is 12.4. The number of nitrogens with one attached hydrogen (secondary N) is 1. The van der Waals surface area contributed by atoms with Gasteiger partial charge in [-0.3, -0.25) is 9.69 Å². The number of methoxy groups -OCH3 is 1. The molecule has 0 bridgehead atoms. The van der Waals surface area contributed by atoms with Gasteiger partial charge in [-0.15, -0.1) is 0 Å². The predicted octanol–water partition coefficient (Wildman–Crippen LogP) is -0.230. The van der Waals surface area contributed by atoms with E-state index < -0.39 is 5.97 Å². The third kappa shape index (κ3) is 4.59. The van der Waals surface area contributed by atoms with Gasteiger partial charge in [0, 0.05) is 38.8 Å². The molecule has 2 N–H and O–H groups in total. The van der Waals surface area contributed by atoms with E-state index in [-0.39, 0.29) is 12.5 Å². The van der Waals surface area contributed by atoms with Gasteiger partial charge in [-0.2, -0.15) is 0 Å². The van der Waals surface area contributed by atoms with E-state index in [4.69, 9.17) is 9.84 Å². The molecular formula is C10H20N2O3. The number of carboxylic acid groups (broad SMARTS) is 1. The average molecular weight is 216 g/mol. The normalized spacial score (nSPS) is 27.9. The van der Waals surface area contributed by atoms with E-state index in [9.17, 15) is 4.79 Å². The first-order valence-corrected chi connectivity index (χ1v) is 5.31. The number of nitrogens with zero attached hydrogens (tertiary/aromatic N) is 1. The quantitative estimate of drug-likeness (QED) is 0.664. The second kappa shape index (κ2) is 6.05. The van der Waals surface area contributed by atoms with Crippen molar-refractivity contribution in [1.29, 1.82) is 0 Å². The largest absolute Gasteiger partial charge is 0.481 e. The van der Waals surface area contributed by atoms with Gasteiger partial charge >= 0.3 is 5.97 Å². The summed E-state index contributed by atoms with van der Waals surface area (Å²) in [6.45, 7) is 5.40. The van der Waals surface area contributed by atoms with Crippen molar-refractivity contribution in [3.63, 3.8) is 0 Å². The summed E-state index contributed by atoms with van der Waals surface area (Å²) in [6.07, 6.45) is 0.188. The van der Waals surface area contributed by atoms with Crippen molar-refractivity contribution < 1.29 is 14.6 Å². The monoisotopic (exact) mass is 216 g/mol. The molecule has 0 saturated carbocycles. The fourth-order valence-electron chi connectivity index (χ4n) is 2.02. The van der Waals surface area contributed by atoms with Crippen molar-refractivity contribution in [1.82, 2.24) is 10.2 Å². The number of carboxylic acids is 1. The van der Waals surface area contributed by atoms with Gasteiger partial charge in [-0.25, -0.2) is 0 Å². The molecule has 2 atom stereocenters. The predicted molar refractivity (Wildman–Crippen MR) is 57.0 cm³/mol. The lowest BCUT2D eigenvalue weighted by Crippen LogP contribution is -2.56. The minimum atomic E-state index is -0.742. The van der Waals surface area contributed by atoms with Crippen molar-refractivity contribution in [2.45, 2.75) is 25.4 Å². The van der Waals surface area contributed by atoms with Gasteiger partial charge in [0.05, 0.1) is 13.0 Å². The van der Waals surface area contributed by atoms with E-state index in [1.807, 2.05) is 0 Å². The Labute approximate surface area is 90.4 Å². The zero-order valence-corrected chi connectivity index (χ0v) is 9.40. The highest BCUT2D eigenvalue weighted by atomic mass is 16.5. The molecule has 5 nitrogen and oxygen atoms in total. The van der Waals surface area contributed by atoms with Gasteiger partial charge in [0.15, 0.2) is 0 Å². The summed E-state index contributed by atoms with van der Waals surface area (Å²) in [5, 5.41) is 12.0. The molecule has 1 aliphatic heterocycles. The maximum absolute atomic E-state index is 10.6. The summed E-state index contributed by atoms with van der Waals surface area (Å²) < 4.78 is 5.02. The third-order valence-corrected chi connectivity index (χ3v) is 2.56. The maximum Gasteiger partial charge on any atom is 0.304 e. The lowest BCUT2D eigenvalue weighted by molar-refractivity contribution is -0.137. The van der Waals surface area contributed by atoms with Crippen molar-refractivity contribution in [3.05, 3.63) is 0 Å². The number of aliphatic carboxylic acids is 1.